The van der Waals surface area contributed by atoms with E-state index in [4.69, 9.17) is 0 Å². The molecule has 1 saturated heterocycles. The Morgan fingerprint density at radius 2 is 1.69 bits per heavy atom. The van der Waals surface area contributed by atoms with Gasteiger partial charge in [0, 0.05) is 44.5 Å². The Kier molecular flexibility index (Phi) is 6.26. The van der Waals surface area contributed by atoms with E-state index in [1.807, 2.05) is 25.1 Å². The van der Waals surface area contributed by atoms with Gasteiger partial charge in [-0.05, 0) is 37.6 Å². The van der Waals surface area contributed by atoms with Gasteiger partial charge in [-0.3, -0.25) is 0 Å². The first-order chi connectivity index (χ1) is 12.7. The Hall–Kier alpha value is -2.37. The molecule has 140 valence electrons. The predicted molar refractivity (Wildman–Crippen MR) is 106 cm³/mol. The number of hydrogen-bond acceptors (Lipinski definition) is 5. The highest BCUT2D eigenvalue weighted by atomic mass is 19.1. The first-order valence-corrected chi connectivity index (χ1v) is 9.50. The molecular formula is C20H28FN5. The summed E-state index contributed by atoms with van der Waals surface area (Å²) in [5.74, 6) is 2.49. The van der Waals surface area contributed by atoms with E-state index in [1.54, 1.807) is 0 Å². The summed E-state index contributed by atoms with van der Waals surface area (Å²) >= 11 is 0. The first-order valence-electron chi connectivity index (χ1n) is 9.50. The van der Waals surface area contributed by atoms with Crippen LogP contribution < -0.4 is 15.1 Å². The van der Waals surface area contributed by atoms with Gasteiger partial charge in [0.15, 0.2) is 0 Å². The molecule has 0 saturated carbocycles. The minimum atomic E-state index is -0.192. The third kappa shape index (κ3) is 4.84. The molecule has 1 aromatic heterocycles. The van der Waals surface area contributed by atoms with Gasteiger partial charge in [0.2, 0.25) is 0 Å². The zero-order chi connectivity index (χ0) is 18.4. The Labute approximate surface area is 155 Å². The summed E-state index contributed by atoms with van der Waals surface area (Å²) in [4.78, 5) is 13.7. The van der Waals surface area contributed by atoms with Crippen molar-refractivity contribution in [3.05, 3.63) is 42.0 Å². The normalized spacial score (nSPS) is 14.6. The van der Waals surface area contributed by atoms with Gasteiger partial charge in [-0.25, -0.2) is 14.4 Å². The van der Waals surface area contributed by atoms with E-state index in [-0.39, 0.29) is 5.82 Å². The molecule has 1 aromatic carbocycles. The van der Waals surface area contributed by atoms with Crippen LogP contribution in [0.1, 0.15) is 32.0 Å². The zero-order valence-corrected chi connectivity index (χ0v) is 15.7. The van der Waals surface area contributed by atoms with Gasteiger partial charge >= 0.3 is 0 Å². The Morgan fingerprint density at radius 3 is 2.38 bits per heavy atom. The molecular weight excluding hydrogens is 329 g/mol. The lowest BCUT2D eigenvalue weighted by molar-refractivity contribution is 0.624. The molecule has 0 radical (unpaired) electrons. The minimum absolute atomic E-state index is 0.192. The summed E-state index contributed by atoms with van der Waals surface area (Å²) in [5.41, 5.74) is 1.07. The maximum atomic E-state index is 13.1. The number of hydrogen-bond donors (Lipinski definition) is 1. The Morgan fingerprint density at radius 1 is 1.00 bits per heavy atom. The number of aryl methyl sites for hydroxylation is 1. The molecule has 5 nitrogen and oxygen atoms in total. The first kappa shape index (κ1) is 18.4. The molecule has 0 aliphatic carbocycles. The molecule has 0 amide bonds. The van der Waals surface area contributed by atoms with Crippen LogP contribution in [-0.2, 0) is 0 Å². The van der Waals surface area contributed by atoms with Gasteiger partial charge in [0.05, 0.1) is 0 Å². The van der Waals surface area contributed by atoms with Crippen molar-refractivity contribution in [3.8, 4) is 0 Å². The highest BCUT2D eigenvalue weighted by Gasteiger charge is 2.19. The standard InChI is InChI=1S/C20H28FN5/c1-3-4-5-10-22-19-15-20(24-16(2)23-19)26-13-11-25(12-14-26)18-8-6-17(21)7-9-18/h6-9,15H,3-5,10-14H2,1-2H3,(H,22,23,24). The summed E-state index contributed by atoms with van der Waals surface area (Å²) in [6, 6.07) is 8.78. The third-order valence-corrected chi connectivity index (χ3v) is 4.71. The largest absolute Gasteiger partial charge is 0.370 e. The zero-order valence-electron chi connectivity index (χ0n) is 15.7. The maximum absolute atomic E-state index is 13.1. The van der Waals surface area contributed by atoms with Crippen LogP contribution in [0.5, 0.6) is 0 Å². The number of rotatable bonds is 7. The van der Waals surface area contributed by atoms with Crippen LogP contribution in [0.3, 0.4) is 0 Å². The Bertz CT molecular complexity index is 696. The molecule has 0 atom stereocenters. The lowest BCUT2D eigenvalue weighted by Gasteiger charge is -2.36. The van der Waals surface area contributed by atoms with Crippen molar-refractivity contribution in [2.24, 2.45) is 0 Å². The van der Waals surface area contributed by atoms with Gasteiger partial charge < -0.3 is 15.1 Å². The highest BCUT2D eigenvalue weighted by molar-refractivity contribution is 5.52. The molecule has 0 spiro atoms. The van der Waals surface area contributed by atoms with Crippen LogP contribution in [0.2, 0.25) is 0 Å². The van der Waals surface area contributed by atoms with Crippen LogP contribution in [0, 0.1) is 12.7 Å². The average molecular weight is 357 g/mol. The van der Waals surface area contributed by atoms with Gasteiger partial charge in [-0.2, -0.15) is 0 Å². The van der Waals surface area contributed by atoms with Crippen LogP contribution in [0.4, 0.5) is 21.7 Å². The fraction of sp³-hybridized carbons (Fsp3) is 0.500. The van der Waals surface area contributed by atoms with Crippen LogP contribution in [-0.4, -0.2) is 42.7 Å². The van der Waals surface area contributed by atoms with Crippen molar-refractivity contribution >= 4 is 17.3 Å². The molecule has 0 unspecified atom stereocenters. The molecule has 1 aliphatic rings. The van der Waals surface area contributed by atoms with E-state index < -0.39 is 0 Å². The molecule has 26 heavy (non-hydrogen) atoms. The van der Waals surface area contributed by atoms with Crippen molar-refractivity contribution in [2.75, 3.05) is 47.8 Å². The highest BCUT2D eigenvalue weighted by Crippen LogP contribution is 2.21. The number of nitrogens with one attached hydrogen (secondary N) is 1. The summed E-state index contributed by atoms with van der Waals surface area (Å²) < 4.78 is 13.1. The van der Waals surface area contributed by atoms with Crippen molar-refractivity contribution in [1.29, 1.82) is 0 Å². The topological polar surface area (TPSA) is 44.3 Å². The molecule has 2 aromatic rings. The van der Waals surface area contributed by atoms with Gasteiger partial charge in [-0.1, -0.05) is 19.8 Å². The van der Waals surface area contributed by atoms with Crippen molar-refractivity contribution < 1.29 is 4.39 Å². The van der Waals surface area contributed by atoms with E-state index in [2.05, 4.69) is 32.0 Å². The summed E-state index contributed by atoms with van der Waals surface area (Å²) in [5, 5.41) is 3.42. The number of benzene rings is 1. The van der Waals surface area contributed by atoms with E-state index in [0.29, 0.717) is 0 Å². The van der Waals surface area contributed by atoms with E-state index >= 15 is 0 Å². The third-order valence-electron chi connectivity index (χ3n) is 4.71. The molecule has 0 bridgehead atoms. The molecule has 2 heterocycles. The molecule has 6 heteroatoms. The van der Waals surface area contributed by atoms with Crippen molar-refractivity contribution in [2.45, 2.75) is 33.1 Å². The van der Waals surface area contributed by atoms with E-state index in [1.165, 1.54) is 25.0 Å². The number of unbranched alkanes of at least 4 members (excludes halogenated alkanes) is 2. The number of aromatic nitrogens is 2. The fourth-order valence-electron chi connectivity index (χ4n) is 3.24. The molecule has 1 aliphatic heterocycles. The molecule has 3 rings (SSSR count). The van der Waals surface area contributed by atoms with Gasteiger partial charge in [-0.15, -0.1) is 0 Å². The maximum Gasteiger partial charge on any atom is 0.134 e. The van der Waals surface area contributed by atoms with Crippen LogP contribution >= 0.6 is 0 Å². The van der Waals surface area contributed by atoms with Gasteiger partial charge in [0.25, 0.3) is 0 Å². The van der Waals surface area contributed by atoms with Crippen molar-refractivity contribution in [1.82, 2.24) is 9.97 Å². The average Bonchev–Trinajstić information content (AvgIpc) is 2.66. The lowest BCUT2D eigenvalue weighted by Crippen LogP contribution is -2.46. The second kappa shape index (κ2) is 8.83. The quantitative estimate of drug-likeness (QED) is 0.763. The lowest BCUT2D eigenvalue weighted by atomic mass is 10.2. The monoisotopic (exact) mass is 357 g/mol. The second-order valence-electron chi connectivity index (χ2n) is 6.74. The number of piperazine rings is 1. The smallest absolute Gasteiger partial charge is 0.134 e. The SMILES string of the molecule is CCCCCNc1cc(N2CCN(c3ccc(F)cc3)CC2)nc(C)n1. The fourth-order valence-corrected chi connectivity index (χ4v) is 3.24. The number of halogens is 1. The van der Waals surface area contributed by atoms with Crippen LogP contribution in [0.15, 0.2) is 30.3 Å². The summed E-state index contributed by atoms with van der Waals surface area (Å²) in [6.07, 6.45) is 3.61. The van der Waals surface area contributed by atoms with Crippen molar-refractivity contribution in [3.63, 3.8) is 0 Å². The van der Waals surface area contributed by atoms with E-state index in [0.717, 1.165) is 62.3 Å². The summed E-state index contributed by atoms with van der Waals surface area (Å²) in [7, 11) is 0. The van der Waals surface area contributed by atoms with Crippen LogP contribution in [0.25, 0.3) is 0 Å². The number of anilines is 3. The number of nitrogens with zero attached hydrogens (tertiary/aromatic N) is 4. The van der Waals surface area contributed by atoms with E-state index in [9.17, 15) is 4.39 Å². The van der Waals surface area contributed by atoms with Gasteiger partial charge in [0.1, 0.15) is 23.3 Å². The predicted octanol–water partition coefficient (Wildman–Crippen LogP) is 3.85. The second-order valence-corrected chi connectivity index (χ2v) is 6.74. The summed E-state index contributed by atoms with van der Waals surface area (Å²) in [6.45, 7) is 8.67. The molecule has 1 fully saturated rings. The Balaban J connectivity index is 1.59. The molecule has 1 N–H and O–H groups in total. The minimum Gasteiger partial charge on any atom is -0.370 e.